The van der Waals surface area contributed by atoms with Gasteiger partial charge in [-0.05, 0) is 42.0 Å². The second-order valence-corrected chi connectivity index (χ2v) is 11.3. The number of aliphatic hydroxyl groups excluding tert-OH is 1. The van der Waals surface area contributed by atoms with Gasteiger partial charge in [0, 0.05) is 37.8 Å². The van der Waals surface area contributed by atoms with Crippen molar-refractivity contribution in [3.63, 3.8) is 0 Å². The molecule has 2 amide bonds. The van der Waals surface area contributed by atoms with E-state index in [4.69, 9.17) is 0 Å². The van der Waals surface area contributed by atoms with Gasteiger partial charge < -0.3 is 20.2 Å². The molecule has 0 aliphatic carbocycles. The highest BCUT2D eigenvalue weighted by atomic mass is 32.1. The van der Waals surface area contributed by atoms with Crippen molar-refractivity contribution in [1.82, 2.24) is 20.1 Å². The van der Waals surface area contributed by atoms with Crippen LogP contribution in [0.25, 0.3) is 10.4 Å². The number of rotatable bonds is 8. The van der Waals surface area contributed by atoms with Crippen LogP contribution in [0.5, 0.6) is 0 Å². The maximum Gasteiger partial charge on any atom is 0.255 e. The summed E-state index contributed by atoms with van der Waals surface area (Å²) in [6.45, 7) is 7.98. The van der Waals surface area contributed by atoms with E-state index in [1.807, 2.05) is 50.5 Å². The summed E-state index contributed by atoms with van der Waals surface area (Å²) < 4.78 is 0. The van der Waals surface area contributed by atoms with E-state index in [-0.39, 0.29) is 23.8 Å². The van der Waals surface area contributed by atoms with E-state index in [9.17, 15) is 14.7 Å². The van der Waals surface area contributed by atoms with Crippen LogP contribution in [0.4, 0.5) is 0 Å². The molecule has 2 N–H and O–H groups in total. The molecule has 0 saturated carbocycles. The number of likely N-dealkylation sites (tertiary alicyclic amines) is 1. The number of aromatic nitrogens is 1. The van der Waals surface area contributed by atoms with Gasteiger partial charge in [0.2, 0.25) is 5.91 Å². The Bertz CT molecular complexity index is 1270. The molecular weight excluding hydrogens is 484 g/mol. The molecule has 37 heavy (non-hydrogen) atoms. The normalized spacial score (nSPS) is 20.1. The number of hydrogen-bond acceptors (Lipinski definition) is 6. The van der Waals surface area contributed by atoms with Crippen LogP contribution in [0.3, 0.4) is 0 Å². The van der Waals surface area contributed by atoms with Crippen LogP contribution in [-0.4, -0.2) is 63.0 Å². The fourth-order valence-corrected chi connectivity index (χ4v) is 6.35. The first-order valence-corrected chi connectivity index (χ1v) is 13.8. The first-order chi connectivity index (χ1) is 17.8. The van der Waals surface area contributed by atoms with E-state index in [0.717, 1.165) is 22.4 Å². The monoisotopic (exact) mass is 518 g/mol. The molecule has 5 rings (SSSR count). The third kappa shape index (κ3) is 5.19. The molecule has 1 fully saturated rings. The van der Waals surface area contributed by atoms with Gasteiger partial charge in [-0.2, -0.15) is 0 Å². The fourth-order valence-electron chi connectivity index (χ4n) is 5.54. The first kappa shape index (κ1) is 25.6. The van der Waals surface area contributed by atoms with Gasteiger partial charge >= 0.3 is 0 Å². The lowest BCUT2D eigenvalue weighted by atomic mass is 10.0. The highest BCUT2D eigenvalue weighted by Crippen LogP contribution is 2.30. The van der Waals surface area contributed by atoms with Gasteiger partial charge in [-0.25, -0.2) is 4.98 Å². The molecule has 2 aromatic carbocycles. The standard InChI is InChI=1S/C29H34N4O3S/c1-18(2)26(33-15-22-6-4-5-7-25(22)28(33)35)29(36)32-16-24(34)12-23(32)14-30-13-20-8-10-21(11-9-20)27-19(3)31-17-37-27/h4-11,17-18,23-24,26,30,34H,12-16H2,1-3H3/t23-,24+,26?/m0/s1. The third-order valence-electron chi connectivity index (χ3n) is 7.42. The Labute approximate surface area is 222 Å². The number of fused-ring (bicyclic) bond motifs is 1. The molecule has 3 heterocycles. The second-order valence-electron chi connectivity index (χ2n) is 10.4. The topological polar surface area (TPSA) is 85.8 Å². The quantitative estimate of drug-likeness (QED) is 0.473. The Balaban J connectivity index is 1.23. The van der Waals surface area contributed by atoms with Crippen molar-refractivity contribution >= 4 is 23.2 Å². The zero-order valence-corrected chi connectivity index (χ0v) is 22.4. The summed E-state index contributed by atoms with van der Waals surface area (Å²) in [4.78, 5) is 36.0. The average Bonchev–Trinajstić information content (AvgIpc) is 3.57. The smallest absolute Gasteiger partial charge is 0.255 e. The molecule has 0 bridgehead atoms. The largest absolute Gasteiger partial charge is 0.391 e. The molecule has 0 spiro atoms. The minimum absolute atomic E-state index is 0.0437. The number of aryl methyl sites for hydroxylation is 1. The van der Waals surface area contributed by atoms with Crippen molar-refractivity contribution in [1.29, 1.82) is 0 Å². The van der Waals surface area contributed by atoms with E-state index in [1.165, 1.54) is 4.88 Å². The lowest BCUT2D eigenvalue weighted by Crippen LogP contribution is -2.54. The van der Waals surface area contributed by atoms with Gasteiger partial charge in [-0.15, -0.1) is 11.3 Å². The van der Waals surface area contributed by atoms with Crippen molar-refractivity contribution in [2.24, 2.45) is 5.92 Å². The van der Waals surface area contributed by atoms with Crippen molar-refractivity contribution in [2.75, 3.05) is 13.1 Å². The summed E-state index contributed by atoms with van der Waals surface area (Å²) in [5.41, 5.74) is 6.87. The molecule has 3 aromatic rings. The van der Waals surface area contributed by atoms with Crippen LogP contribution < -0.4 is 5.32 Å². The number of aliphatic hydroxyl groups is 1. The molecule has 1 unspecified atom stereocenters. The molecule has 2 aliphatic rings. The number of carbonyl (C=O) groups is 2. The lowest BCUT2D eigenvalue weighted by molar-refractivity contribution is -0.139. The summed E-state index contributed by atoms with van der Waals surface area (Å²) in [7, 11) is 0. The Kier molecular flexibility index (Phi) is 7.42. The molecular formula is C29H34N4O3S. The number of β-amino-alcohol motifs (C(OH)–C–C–N with tert-alkyl or cyclic N) is 1. The maximum atomic E-state index is 13.8. The summed E-state index contributed by atoms with van der Waals surface area (Å²) in [6, 6.07) is 15.3. The van der Waals surface area contributed by atoms with Crippen LogP contribution in [-0.2, 0) is 17.9 Å². The average molecular weight is 519 g/mol. The molecule has 1 saturated heterocycles. The van der Waals surface area contributed by atoms with Gasteiger partial charge in [0.1, 0.15) is 6.04 Å². The number of benzene rings is 2. The van der Waals surface area contributed by atoms with Gasteiger partial charge in [0.05, 0.1) is 22.2 Å². The molecule has 8 heteroatoms. The Morgan fingerprint density at radius 1 is 1.19 bits per heavy atom. The minimum atomic E-state index is -0.560. The Morgan fingerprint density at radius 2 is 1.95 bits per heavy atom. The zero-order valence-electron chi connectivity index (χ0n) is 21.6. The van der Waals surface area contributed by atoms with E-state index < -0.39 is 12.1 Å². The van der Waals surface area contributed by atoms with Crippen LogP contribution in [0.15, 0.2) is 54.0 Å². The second kappa shape index (κ2) is 10.7. The Hall–Kier alpha value is -3.07. The van der Waals surface area contributed by atoms with E-state index in [0.29, 0.717) is 38.2 Å². The SMILES string of the molecule is Cc1ncsc1-c1ccc(CNC[C@@H]2C[C@@H](O)CN2C(=O)C(C(C)C)N2Cc3ccccc3C2=O)cc1. The number of hydrogen-bond donors (Lipinski definition) is 2. The van der Waals surface area contributed by atoms with Crippen LogP contribution in [0.1, 0.15) is 47.4 Å². The van der Waals surface area contributed by atoms with Gasteiger partial charge in [0.25, 0.3) is 5.91 Å². The maximum absolute atomic E-state index is 13.8. The zero-order chi connectivity index (χ0) is 26.1. The van der Waals surface area contributed by atoms with Gasteiger partial charge in [-0.1, -0.05) is 56.3 Å². The molecule has 1 aromatic heterocycles. The lowest BCUT2D eigenvalue weighted by Gasteiger charge is -2.35. The molecule has 0 radical (unpaired) electrons. The number of carbonyl (C=O) groups excluding carboxylic acids is 2. The third-order valence-corrected chi connectivity index (χ3v) is 8.39. The summed E-state index contributed by atoms with van der Waals surface area (Å²) >= 11 is 1.64. The highest BCUT2D eigenvalue weighted by molar-refractivity contribution is 7.13. The summed E-state index contributed by atoms with van der Waals surface area (Å²) in [5, 5.41) is 13.9. The van der Waals surface area contributed by atoms with Crippen molar-refractivity contribution in [3.05, 3.63) is 76.4 Å². The summed E-state index contributed by atoms with van der Waals surface area (Å²) in [6.07, 6.45) is -0.0293. The minimum Gasteiger partial charge on any atom is -0.391 e. The van der Waals surface area contributed by atoms with Crippen molar-refractivity contribution in [2.45, 2.75) is 58.5 Å². The highest BCUT2D eigenvalue weighted by Gasteiger charge is 2.43. The van der Waals surface area contributed by atoms with E-state index >= 15 is 0 Å². The van der Waals surface area contributed by atoms with Crippen molar-refractivity contribution in [3.8, 4) is 10.4 Å². The Morgan fingerprint density at radius 3 is 2.62 bits per heavy atom. The first-order valence-electron chi connectivity index (χ1n) is 12.9. The molecule has 2 aliphatic heterocycles. The van der Waals surface area contributed by atoms with Crippen molar-refractivity contribution < 1.29 is 14.7 Å². The van der Waals surface area contributed by atoms with Crippen LogP contribution in [0, 0.1) is 12.8 Å². The van der Waals surface area contributed by atoms with E-state index in [2.05, 4.69) is 34.6 Å². The molecule has 7 nitrogen and oxygen atoms in total. The number of amides is 2. The van der Waals surface area contributed by atoms with Gasteiger partial charge in [0.15, 0.2) is 0 Å². The van der Waals surface area contributed by atoms with Crippen LogP contribution in [0.2, 0.25) is 0 Å². The number of nitrogens with zero attached hydrogens (tertiary/aromatic N) is 3. The van der Waals surface area contributed by atoms with E-state index in [1.54, 1.807) is 21.1 Å². The summed E-state index contributed by atoms with van der Waals surface area (Å²) in [5.74, 6) is -0.212. The molecule has 3 atom stereocenters. The van der Waals surface area contributed by atoms with Crippen LogP contribution >= 0.6 is 11.3 Å². The van der Waals surface area contributed by atoms with Gasteiger partial charge in [-0.3, -0.25) is 9.59 Å². The number of thiazole rings is 1. The predicted octanol–water partition coefficient (Wildman–Crippen LogP) is 3.85. The molecule has 194 valence electrons. The number of nitrogens with one attached hydrogen (secondary N) is 1. The fraction of sp³-hybridized carbons (Fsp3) is 0.414. The predicted molar refractivity (Wildman–Crippen MR) is 145 cm³/mol.